The van der Waals surface area contributed by atoms with Crippen LogP contribution in [0, 0.1) is 0 Å². The van der Waals surface area contributed by atoms with Gasteiger partial charge in [0.1, 0.15) is 12.6 Å². The molecule has 0 aliphatic rings. The molecule has 2 aromatic carbocycles. The molecule has 2 aromatic heterocycles. The maximum absolute atomic E-state index is 5.69. The van der Waals surface area contributed by atoms with Gasteiger partial charge >= 0.3 is 0 Å². The smallest absolute Gasteiger partial charge is 0.240 e. The number of rotatable bonds is 3. The summed E-state index contributed by atoms with van der Waals surface area (Å²) in [4.78, 5) is 3.56. The maximum atomic E-state index is 5.69. The van der Waals surface area contributed by atoms with Crippen molar-refractivity contribution in [3.05, 3.63) is 48.5 Å². The van der Waals surface area contributed by atoms with Gasteiger partial charge in [-0.3, -0.25) is 0 Å². The van der Waals surface area contributed by atoms with E-state index in [0.717, 1.165) is 23.3 Å². The van der Waals surface area contributed by atoms with E-state index in [-0.39, 0.29) is 12.4 Å². The summed E-state index contributed by atoms with van der Waals surface area (Å²) in [5.74, 6) is 0. The Labute approximate surface area is 140 Å². The van der Waals surface area contributed by atoms with Crippen molar-refractivity contribution >= 4 is 38.5 Å². The predicted octanol–water partition coefficient (Wildman–Crippen LogP) is -0.327. The van der Waals surface area contributed by atoms with Gasteiger partial charge in [0.15, 0.2) is 0 Å². The average Bonchev–Trinajstić information content (AvgIpc) is 2.94. The second kappa shape index (κ2) is 6.07. The van der Waals surface area contributed by atoms with Crippen molar-refractivity contribution in [2.75, 3.05) is 18.4 Å². The molecule has 0 fully saturated rings. The van der Waals surface area contributed by atoms with Gasteiger partial charge in [0.2, 0.25) is 11.0 Å². The molecule has 0 aliphatic heterocycles. The number of aromatic amines is 1. The number of aromatic nitrogens is 2. The Morgan fingerprint density at radius 3 is 2.52 bits per heavy atom. The van der Waals surface area contributed by atoms with Crippen molar-refractivity contribution in [2.24, 2.45) is 12.8 Å². The average molecular weight is 327 g/mol. The number of anilines is 1. The van der Waals surface area contributed by atoms with Crippen molar-refractivity contribution in [3.63, 3.8) is 0 Å². The Balaban J connectivity index is 0.00000156. The van der Waals surface area contributed by atoms with Crippen LogP contribution in [0.3, 0.4) is 0 Å². The first kappa shape index (κ1) is 15.6. The zero-order valence-electron chi connectivity index (χ0n) is 12.9. The van der Waals surface area contributed by atoms with Crippen LogP contribution in [0.4, 0.5) is 5.69 Å². The van der Waals surface area contributed by atoms with E-state index in [1.807, 2.05) is 0 Å². The number of hydrogen-bond acceptors (Lipinski definition) is 2. The number of nitrogens with two attached hydrogens (primary N) is 1. The number of nitrogens with one attached hydrogen (secondary N) is 2. The minimum absolute atomic E-state index is 0. The zero-order valence-corrected chi connectivity index (χ0v) is 13.7. The maximum Gasteiger partial charge on any atom is 0.240 e. The van der Waals surface area contributed by atoms with Crippen molar-refractivity contribution in [2.45, 2.75) is 0 Å². The van der Waals surface area contributed by atoms with Crippen LogP contribution in [0.5, 0.6) is 0 Å². The Bertz CT molecular complexity index is 990. The Hall–Kier alpha value is -2.30. The molecule has 118 valence electrons. The lowest BCUT2D eigenvalue weighted by Crippen LogP contribution is -3.00. The number of hydrogen-bond donors (Lipinski definition) is 3. The van der Waals surface area contributed by atoms with Gasteiger partial charge in [-0.15, -0.1) is 0 Å². The van der Waals surface area contributed by atoms with Crippen molar-refractivity contribution < 1.29 is 17.0 Å². The second-order valence-corrected chi connectivity index (χ2v) is 5.56. The van der Waals surface area contributed by atoms with Gasteiger partial charge in [-0.1, -0.05) is 24.3 Å². The summed E-state index contributed by atoms with van der Waals surface area (Å²) < 4.78 is 2.26. The van der Waals surface area contributed by atoms with Crippen LogP contribution in [0.1, 0.15) is 0 Å². The largest absolute Gasteiger partial charge is 1.00 e. The fourth-order valence-electron chi connectivity index (χ4n) is 3.27. The van der Waals surface area contributed by atoms with Gasteiger partial charge in [-0.05, 0) is 18.2 Å². The fraction of sp³-hybridized carbons (Fsp3) is 0.167. The highest BCUT2D eigenvalue weighted by Crippen LogP contribution is 2.32. The molecular weight excluding hydrogens is 308 g/mol. The molecule has 0 unspecified atom stereocenters. The lowest BCUT2D eigenvalue weighted by atomic mass is 10.1. The summed E-state index contributed by atoms with van der Waals surface area (Å²) in [6.07, 6.45) is 0. The summed E-state index contributed by atoms with van der Waals surface area (Å²) in [5.41, 5.74) is 11.5. The quantitative estimate of drug-likeness (QED) is 0.452. The molecule has 23 heavy (non-hydrogen) atoms. The number of nitrogens with zero attached hydrogens (tertiary/aromatic N) is 1. The molecule has 0 spiro atoms. The molecule has 0 saturated heterocycles. The zero-order chi connectivity index (χ0) is 15.1. The fourth-order valence-corrected chi connectivity index (χ4v) is 3.27. The predicted molar refractivity (Wildman–Crippen MR) is 92.0 cm³/mol. The van der Waals surface area contributed by atoms with Gasteiger partial charge < -0.3 is 28.4 Å². The third kappa shape index (κ3) is 2.31. The third-order valence-electron chi connectivity index (χ3n) is 4.24. The lowest BCUT2D eigenvalue weighted by Gasteiger charge is -2.09. The number of benzene rings is 2. The van der Waals surface area contributed by atoms with Crippen LogP contribution >= 0.6 is 0 Å². The van der Waals surface area contributed by atoms with Crippen molar-refractivity contribution in [1.82, 2.24) is 4.98 Å². The standard InChI is InChI=1S/C18H18N4.ClH/c1-22-15-9-5-3-7-13(15)16(20-11-10-19)17-18(22)12-6-2-4-8-14(12)21-17;/h2-9H,10-11,19H2,1H3,(H,20,21);1H. The summed E-state index contributed by atoms with van der Waals surface area (Å²) in [7, 11) is 2.12. The minimum atomic E-state index is 0. The van der Waals surface area contributed by atoms with Crippen LogP contribution in [0.2, 0.25) is 0 Å². The van der Waals surface area contributed by atoms with E-state index in [1.54, 1.807) is 0 Å². The number of fused-ring (bicyclic) bond motifs is 4. The first-order chi connectivity index (χ1) is 10.8. The molecule has 5 heteroatoms. The number of para-hydroxylation sites is 2. The van der Waals surface area contributed by atoms with Crippen LogP contribution in [0.15, 0.2) is 48.5 Å². The molecule has 0 bridgehead atoms. The first-order valence-corrected chi connectivity index (χ1v) is 7.56. The molecule has 0 atom stereocenters. The first-order valence-electron chi connectivity index (χ1n) is 7.56. The molecular formula is C18H19ClN4. The van der Waals surface area contributed by atoms with Crippen LogP contribution in [-0.2, 0) is 7.05 Å². The van der Waals surface area contributed by atoms with E-state index in [9.17, 15) is 0 Å². The molecule has 4 aromatic rings. The molecule has 0 amide bonds. The Kier molecular flexibility index (Phi) is 4.11. The molecule has 4 nitrogen and oxygen atoms in total. The topological polar surface area (TPSA) is 57.7 Å². The molecule has 2 heterocycles. The highest BCUT2D eigenvalue weighted by Gasteiger charge is 2.21. The molecule has 4 rings (SSSR count). The van der Waals surface area contributed by atoms with E-state index in [0.29, 0.717) is 6.54 Å². The van der Waals surface area contributed by atoms with Gasteiger partial charge in [0.05, 0.1) is 22.0 Å². The number of aryl methyl sites for hydroxylation is 1. The van der Waals surface area contributed by atoms with E-state index in [1.165, 1.54) is 21.8 Å². The molecule has 4 N–H and O–H groups in total. The highest BCUT2D eigenvalue weighted by atomic mass is 35.5. The molecule has 0 radical (unpaired) electrons. The molecule has 0 aliphatic carbocycles. The summed E-state index contributed by atoms with van der Waals surface area (Å²) in [6, 6.07) is 16.9. The van der Waals surface area contributed by atoms with Gasteiger partial charge in [-0.2, -0.15) is 4.57 Å². The second-order valence-electron chi connectivity index (χ2n) is 5.56. The number of H-pyrrole nitrogens is 1. The van der Waals surface area contributed by atoms with Gasteiger partial charge in [0.25, 0.3) is 0 Å². The molecule has 0 saturated carbocycles. The monoisotopic (exact) mass is 326 g/mol. The summed E-state index contributed by atoms with van der Waals surface area (Å²) >= 11 is 0. The number of pyridine rings is 1. The van der Waals surface area contributed by atoms with Crippen LogP contribution < -0.4 is 28.0 Å². The summed E-state index contributed by atoms with van der Waals surface area (Å²) in [6.45, 7) is 1.36. The lowest BCUT2D eigenvalue weighted by molar-refractivity contribution is -0.616. The number of halogens is 1. The minimum Gasteiger partial charge on any atom is -1.00 e. The van der Waals surface area contributed by atoms with Crippen LogP contribution in [0.25, 0.3) is 32.8 Å². The van der Waals surface area contributed by atoms with Crippen LogP contribution in [-0.4, -0.2) is 18.1 Å². The van der Waals surface area contributed by atoms with Gasteiger partial charge in [0, 0.05) is 19.2 Å². The SMILES string of the molecule is C[n+]1c2ccccc2c(NCCN)c2[nH]c3ccccc3c21.[Cl-]. The summed E-state index contributed by atoms with van der Waals surface area (Å²) in [5, 5.41) is 5.94. The Morgan fingerprint density at radius 1 is 1.04 bits per heavy atom. The highest BCUT2D eigenvalue weighted by molar-refractivity contribution is 6.13. The van der Waals surface area contributed by atoms with Crippen molar-refractivity contribution in [3.8, 4) is 0 Å². The normalized spacial score (nSPS) is 11.0. The van der Waals surface area contributed by atoms with E-state index >= 15 is 0 Å². The van der Waals surface area contributed by atoms with E-state index in [2.05, 4.69) is 70.4 Å². The van der Waals surface area contributed by atoms with Gasteiger partial charge in [-0.25, -0.2) is 0 Å². The van der Waals surface area contributed by atoms with E-state index in [4.69, 9.17) is 5.73 Å². The Morgan fingerprint density at radius 2 is 1.74 bits per heavy atom. The van der Waals surface area contributed by atoms with Crippen molar-refractivity contribution in [1.29, 1.82) is 0 Å². The third-order valence-corrected chi connectivity index (χ3v) is 4.24. The van der Waals surface area contributed by atoms with E-state index < -0.39 is 0 Å².